The van der Waals surface area contributed by atoms with Gasteiger partial charge in [-0.25, -0.2) is 0 Å². The molecule has 0 radical (unpaired) electrons. The third-order valence-corrected chi connectivity index (χ3v) is 4.45. The van der Waals surface area contributed by atoms with Gasteiger partial charge in [0.25, 0.3) is 0 Å². The number of ether oxygens (including phenoxy) is 2. The third-order valence-electron chi connectivity index (χ3n) is 3.28. The summed E-state index contributed by atoms with van der Waals surface area (Å²) in [5.74, 6) is 2.42. The predicted octanol–water partition coefficient (Wildman–Crippen LogP) is 3.45. The molecule has 5 nitrogen and oxygen atoms in total. The second-order valence-corrected chi connectivity index (χ2v) is 5.94. The largest absolute Gasteiger partial charge is 0.454 e. The van der Waals surface area contributed by atoms with Crippen molar-refractivity contribution in [3.05, 3.63) is 46.0 Å². The Kier molecular flexibility index (Phi) is 3.01. The van der Waals surface area contributed by atoms with Crippen molar-refractivity contribution in [1.82, 2.24) is 14.8 Å². The molecule has 0 aliphatic carbocycles. The number of aromatic amines is 1. The summed E-state index contributed by atoms with van der Waals surface area (Å²) in [6.07, 6.45) is 0. The van der Waals surface area contributed by atoms with Crippen molar-refractivity contribution in [3.8, 4) is 22.2 Å². The summed E-state index contributed by atoms with van der Waals surface area (Å²) in [4.78, 5) is 1.09. The second-order valence-electron chi connectivity index (χ2n) is 4.60. The first-order chi connectivity index (χ1) is 10.3. The fourth-order valence-corrected chi connectivity index (χ4v) is 3.20. The lowest BCUT2D eigenvalue weighted by Gasteiger charge is -2.06. The van der Waals surface area contributed by atoms with E-state index >= 15 is 0 Å². The molecule has 1 aromatic carbocycles. The summed E-state index contributed by atoms with van der Waals surface area (Å²) in [5, 5.41) is 9.22. The van der Waals surface area contributed by atoms with Crippen LogP contribution < -0.4 is 9.47 Å². The van der Waals surface area contributed by atoms with Gasteiger partial charge in [0.15, 0.2) is 22.1 Å². The molecule has 1 N–H and O–H groups in total. The monoisotopic (exact) mass is 317 g/mol. The fraction of sp³-hybridized carbons (Fsp3) is 0.143. The highest BCUT2D eigenvalue weighted by Gasteiger charge is 2.15. The number of thiophene rings is 1. The van der Waals surface area contributed by atoms with Crippen molar-refractivity contribution < 1.29 is 9.47 Å². The van der Waals surface area contributed by atoms with Crippen LogP contribution in [0.5, 0.6) is 11.5 Å². The number of benzene rings is 1. The average Bonchev–Trinajstić information content (AvgIpc) is 3.20. The van der Waals surface area contributed by atoms with Crippen LogP contribution in [0.25, 0.3) is 10.7 Å². The highest BCUT2D eigenvalue weighted by Crippen LogP contribution is 2.33. The van der Waals surface area contributed by atoms with E-state index in [-0.39, 0.29) is 6.79 Å². The molecule has 0 fully saturated rings. The van der Waals surface area contributed by atoms with Gasteiger partial charge in [0, 0.05) is 0 Å². The number of hydrogen-bond donors (Lipinski definition) is 1. The van der Waals surface area contributed by atoms with Crippen LogP contribution in [-0.4, -0.2) is 21.6 Å². The van der Waals surface area contributed by atoms with E-state index in [1.807, 2.05) is 40.3 Å². The highest BCUT2D eigenvalue weighted by molar-refractivity contribution is 7.71. The molecule has 21 heavy (non-hydrogen) atoms. The summed E-state index contributed by atoms with van der Waals surface area (Å²) in [6, 6.07) is 9.95. The zero-order valence-corrected chi connectivity index (χ0v) is 12.5. The van der Waals surface area contributed by atoms with E-state index in [0.717, 1.165) is 27.8 Å². The Labute approximate surface area is 129 Å². The average molecular weight is 317 g/mol. The molecule has 0 bridgehead atoms. The van der Waals surface area contributed by atoms with Crippen molar-refractivity contribution in [2.45, 2.75) is 6.54 Å². The van der Waals surface area contributed by atoms with Crippen LogP contribution in [0.2, 0.25) is 0 Å². The molecule has 1 aliphatic heterocycles. The Morgan fingerprint density at radius 3 is 3.05 bits per heavy atom. The van der Waals surface area contributed by atoms with Crippen LogP contribution in [0.1, 0.15) is 5.56 Å². The van der Waals surface area contributed by atoms with Crippen molar-refractivity contribution in [2.24, 2.45) is 0 Å². The Hall–Kier alpha value is -2.12. The van der Waals surface area contributed by atoms with E-state index in [1.54, 1.807) is 11.3 Å². The minimum atomic E-state index is 0.282. The molecule has 1 aliphatic rings. The van der Waals surface area contributed by atoms with Crippen molar-refractivity contribution in [1.29, 1.82) is 0 Å². The van der Waals surface area contributed by atoms with Crippen LogP contribution in [0, 0.1) is 4.77 Å². The number of nitrogens with zero attached hydrogens (tertiary/aromatic N) is 2. The maximum absolute atomic E-state index is 5.41. The molecule has 0 atom stereocenters. The Balaban J connectivity index is 1.72. The summed E-state index contributed by atoms with van der Waals surface area (Å²) in [5.41, 5.74) is 1.09. The van der Waals surface area contributed by atoms with Crippen LogP contribution in [0.15, 0.2) is 35.7 Å². The van der Waals surface area contributed by atoms with E-state index in [1.165, 1.54) is 0 Å². The van der Waals surface area contributed by atoms with E-state index < -0.39 is 0 Å². The van der Waals surface area contributed by atoms with Crippen molar-refractivity contribution in [3.63, 3.8) is 0 Å². The maximum atomic E-state index is 5.41. The van der Waals surface area contributed by atoms with Crippen molar-refractivity contribution in [2.75, 3.05) is 6.79 Å². The molecule has 3 heterocycles. The molecule has 4 rings (SSSR count). The number of H-pyrrole nitrogens is 1. The number of fused-ring (bicyclic) bond motifs is 1. The SMILES string of the molecule is S=c1[nH]nc(-c2cccs2)n1Cc1ccc2c(c1)OCO2. The standard InChI is InChI=1S/C14H11N3O2S2/c20-14-16-15-13(12-2-1-5-21-12)17(14)7-9-3-4-10-11(6-9)19-8-18-10/h1-6H,7-8H2,(H,16,20). The van der Waals surface area contributed by atoms with E-state index in [0.29, 0.717) is 11.3 Å². The molecule has 0 amide bonds. The van der Waals surface area contributed by atoms with Gasteiger partial charge in [-0.05, 0) is 41.4 Å². The van der Waals surface area contributed by atoms with Crippen molar-refractivity contribution >= 4 is 23.6 Å². The summed E-state index contributed by atoms with van der Waals surface area (Å²) in [7, 11) is 0. The van der Waals surface area contributed by atoms with Crippen LogP contribution in [0.3, 0.4) is 0 Å². The lowest BCUT2D eigenvalue weighted by Crippen LogP contribution is -2.02. The lowest BCUT2D eigenvalue weighted by atomic mass is 10.2. The highest BCUT2D eigenvalue weighted by atomic mass is 32.1. The predicted molar refractivity (Wildman–Crippen MR) is 82.4 cm³/mol. The quantitative estimate of drug-likeness (QED) is 0.752. The first-order valence-corrected chi connectivity index (χ1v) is 7.68. The maximum Gasteiger partial charge on any atom is 0.231 e. The van der Waals surface area contributed by atoms with Gasteiger partial charge in [0.05, 0.1) is 11.4 Å². The smallest absolute Gasteiger partial charge is 0.231 e. The van der Waals surface area contributed by atoms with Crippen LogP contribution in [-0.2, 0) is 6.54 Å². The van der Waals surface area contributed by atoms with Gasteiger partial charge in [0.1, 0.15) is 0 Å². The van der Waals surface area contributed by atoms with E-state index in [9.17, 15) is 0 Å². The molecule has 0 saturated heterocycles. The van der Waals surface area contributed by atoms with Gasteiger partial charge >= 0.3 is 0 Å². The summed E-state index contributed by atoms with van der Waals surface area (Å²) in [6.45, 7) is 0.920. The Bertz CT molecular complexity index is 836. The molecule has 3 aromatic rings. The molecule has 2 aromatic heterocycles. The van der Waals surface area contributed by atoms with Gasteiger partial charge in [-0.15, -0.1) is 11.3 Å². The molecular formula is C14H11N3O2S2. The van der Waals surface area contributed by atoms with Crippen LogP contribution >= 0.6 is 23.6 Å². The van der Waals surface area contributed by atoms with Gasteiger partial charge in [-0.3, -0.25) is 9.67 Å². The van der Waals surface area contributed by atoms with E-state index in [2.05, 4.69) is 10.2 Å². The molecule has 0 saturated carbocycles. The minimum Gasteiger partial charge on any atom is -0.454 e. The Morgan fingerprint density at radius 1 is 1.29 bits per heavy atom. The molecule has 0 spiro atoms. The topological polar surface area (TPSA) is 52.1 Å². The minimum absolute atomic E-state index is 0.282. The summed E-state index contributed by atoms with van der Waals surface area (Å²) < 4.78 is 13.3. The number of aromatic nitrogens is 3. The Morgan fingerprint density at radius 2 is 2.19 bits per heavy atom. The number of hydrogen-bond acceptors (Lipinski definition) is 5. The molecule has 7 heteroatoms. The third kappa shape index (κ3) is 2.24. The zero-order valence-electron chi connectivity index (χ0n) is 10.9. The van der Waals surface area contributed by atoms with Gasteiger partial charge < -0.3 is 9.47 Å². The molecular weight excluding hydrogens is 306 g/mol. The van der Waals surface area contributed by atoms with Gasteiger partial charge in [-0.2, -0.15) is 5.10 Å². The number of nitrogens with one attached hydrogen (secondary N) is 1. The molecule has 106 valence electrons. The number of rotatable bonds is 3. The van der Waals surface area contributed by atoms with Gasteiger partial charge in [0.2, 0.25) is 6.79 Å². The van der Waals surface area contributed by atoms with Crippen LogP contribution in [0.4, 0.5) is 0 Å². The molecule has 0 unspecified atom stereocenters. The van der Waals surface area contributed by atoms with E-state index in [4.69, 9.17) is 21.7 Å². The zero-order chi connectivity index (χ0) is 14.2. The first kappa shape index (κ1) is 12.6. The first-order valence-electron chi connectivity index (χ1n) is 6.39. The second kappa shape index (κ2) is 5.01. The summed E-state index contributed by atoms with van der Waals surface area (Å²) >= 11 is 6.98. The lowest BCUT2D eigenvalue weighted by molar-refractivity contribution is 0.174. The van der Waals surface area contributed by atoms with Gasteiger partial charge in [-0.1, -0.05) is 12.1 Å². The fourth-order valence-electron chi connectivity index (χ4n) is 2.28. The normalized spacial score (nSPS) is 12.8.